The van der Waals surface area contributed by atoms with Crippen molar-refractivity contribution in [2.24, 2.45) is 0 Å². The summed E-state index contributed by atoms with van der Waals surface area (Å²) >= 11 is 0. The molecular formula is C30H34N3O7-. The number of fused-ring (bicyclic) bond motifs is 9. The van der Waals surface area contributed by atoms with Gasteiger partial charge in [-0.2, -0.15) is 5.26 Å². The fraction of sp³-hybridized carbons (Fsp3) is 0.500. The van der Waals surface area contributed by atoms with Gasteiger partial charge in [0.1, 0.15) is 12.4 Å². The van der Waals surface area contributed by atoms with Gasteiger partial charge < -0.3 is 38.8 Å². The van der Waals surface area contributed by atoms with Gasteiger partial charge in [0.05, 0.1) is 31.9 Å². The molecule has 0 saturated carbocycles. The van der Waals surface area contributed by atoms with Crippen LogP contribution in [0, 0.1) is 25.2 Å². The van der Waals surface area contributed by atoms with E-state index in [-0.39, 0.29) is 38.3 Å². The number of aryl methyl sites for hydroxylation is 1. The van der Waals surface area contributed by atoms with Crippen LogP contribution >= 0.6 is 0 Å². The maximum Gasteiger partial charge on any atom is 0.231 e. The second-order valence-electron chi connectivity index (χ2n) is 10.5. The molecule has 212 valence electrons. The number of aliphatic hydroxyl groups is 1. The molecule has 2 aromatic carbocycles. The van der Waals surface area contributed by atoms with E-state index in [9.17, 15) is 10.4 Å². The maximum atomic E-state index is 10.9. The molecule has 2 aromatic rings. The minimum atomic E-state index is -0.540. The summed E-state index contributed by atoms with van der Waals surface area (Å²) in [5.74, 6) is 3.18. The fourth-order valence-electron chi connectivity index (χ4n) is 7.05. The van der Waals surface area contributed by atoms with Gasteiger partial charge in [-0.25, -0.2) is 0 Å². The fourth-order valence-corrected chi connectivity index (χ4v) is 7.05. The first kappa shape index (κ1) is 26.7. The third kappa shape index (κ3) is 3.84. The third-order valence-corrected chi connectivity index (χ3v) is 8.48. The van der Waals surface area contributed by atoms with Crippen LogP contribution in [0.25, 0.3) is 5.32 Å². The van der Waals surface area contributed by atoms with Gasteiger partial charge in [-0.15, -0.1) is 6.04 Å². The highest BCUT2D eigenvalue weighted by molar-refractivity contribution is 5.67. The van der Waals surface area contributed by atoms with E-state index in [1.165, 1.54) is 0 Å². The quantitative estimate of drug-likeness (QED) is 0.388. The minimum absolute atomic E-state index is 0.0575. The molecule has 1 unspecified atom stereocenters. The molecule has 0 radical (unpaired) electrons. The van der Waals surface area contributed by atoms with Crippen LogP contribution in [0.2, 0.25) is 0 Å². The normalized spacial score (nSPS) is 25.8. The van der Waals surface area contributed by atoms with E-state index >= 15 is 0 Å². The summed E-state index contributed by atoms with van der Waals surface area (Å²) in [5.41, 5.74) is 5.56. The first-order valence-corrected chi connectivity index (χ1v) is 13.5. The van der Waals surface area contributed by atoms with E-state index in [0.29, 0.717) is 48.2 Å². The number of methoxy groups -OCH3 is 2. The van der Waals surface area contributed by atoms with Crippen LogP contribution < -0.4 is 23.7 Å². The molecule has 0 amide bonds. The molecule has 4 aliphatic heterocycles. The van der Waals surface area contributed by atoms with Crippen LogP contribution in [0.5, 0.6) is 28.7 Å². The molecule has 4 aliphatic rings. The lowest BCUT2D eigenvalue weighted by molar-refractivity contribution is 0.0105. The van der Waals surface area contributed by atoms with Crippen molar-refractivity contribution in [3.8, 4) is 34.8 Å². The second-order valence-corrected chi connectivity index (χ2v) is 10.5. The molecular weight excluding hydrogens is 514 g/mol. The monoisotopic (exact) mass is 548 g/mol. The van der Waals surface area contributed by atoms with E-state index in [1.54, 1.807) is 20.3 Å². The van der Waals surface area contributed by atoms with Crippen LogP contribution in [-0.4, -0.2) is 69.2 Å². The SMILES string of the molecule is C=CCOc1c(C)c2c(c3c1CC1[C@@H]4[N-][C@@H](Cc5cc(C)c(OC)c(OCOC)c54)[C@H](C#N)N1[C@H]3CO)OCO2. The molecule has 2 bridgehead atoms. The average Bonchev–Trinajstić information content (AvgIpc) is 3.45. The highest BCUT2D eigenvalue weighted by Crippen LogP contribution is 2.59. The van der Waals surface area contributed by atoms with Crippen molar-refractivity contribution >= 4 is 0 Å². The molecule has 10 heteroatoms. The van der Waals surface area contributed by atoms with E-state index in [2.05, 4.69) is 23.6 Å². The maximum absolute atomic E-state index is 10.9. The van der Waals surface area contributed by atoms with Crippen LogP contribution in [0.4, 0.5) is 0 Å². The first-order valence-electron chi connectivity index (χ1n) is 13.5. The number of ether oxygens (including phenoxy) is 6. The molecule has 0 aromatic heterocycles. The molecule has 1 N–H and O–H groups in total. The zero-order chi connectivity index (χ0) is 28.1. The van der Waals surface area contributed by atoms with Crippen molar-refractivity contribution in [1.29, 1.82) is 5.26 Å². The van der Waals surface area contributed by atoms with Crippen molar-refractivity contribution in [2.75, 3.05) is 41.0 Å². The van der Waals surface area contributed by atoms with Crippen LogP contribution in [0.3, 0.4) is 0 Å². The van der Waals surface area contributed by atoms with Gasteiger partial charge in [-0.3, -0.25) is 4.90 Å². The standard InChI is InChI=1S/C30H34N3O7/c1-6-7-37-27-16(3)28-30(40-14-39-28)24-18(27)10-20-25-23-17(8-15(2)26(36-5)29(23)38-13-35-4)9-19(32-25)21(11-31)33(20)22(24)12-34/h6,8,19-22,25,34H,1,7,9-10,12-14H2,2-5H3/q-1/t19-,20?,21-,22-,25-/m0/s1. The zero-order valence-corrected chi connectivity index (χ0v) is 23.2. The summed E-state index contributed by atoms with van der Waals surface area (Å²) in [6.07, 6.45) is 2.80. The van der Waals surface area contributed by atoms with Crippen molar-refractivity contribution in [2.45, 2.75) is 56.9 Å². The number of hydrogen-bond acceptors (Lipinski definition) is 9. The van der Waals surface area contributed by atoms with E-state index < -0.39 is 12.1 Å². The number of nitrogens with zero attached hydrogens (tertiary/aromatic N) is 3. The summed E-state index contributed by atoms with van der Waals surface area (Å²) in [7, 11) is 3.21. The van der Waals surface area contributed by atoms with E-state index in [1.807, 2.05) is 13.8 Å². The van der Waals surface area contributed by atoms with Gasteiger partial charge in [0, 0.05) is 29.8 Å². The number of rotatable bonds is 8. The molecule has 1 saturated heterocycles. The zero-order valence-electron chi connectivity index (χ0n) is 23.2. The van der Waals surface area contributed by atoms with Crippen molar-refractivity contribution in [3.05, 3.63) is 57.4 Å². The largest absolute Gasteiger partial charge is 0.649 e. The number of piperazine rings is 1. The van der Waals surface area contributed by atoms with Crippen LogP contribution in [0.1, 0.15) is 45.5 Å². The predicted molar refractivity (Wildman–Crippen MR) is 145 cm³/mol. The summed E-state index contributed by atoms with van der Waals surface area (Å²) < 4.78 is 35.3. The Bertz CT molecular complexity index is 1390. The summed E-state index contributed by atoms with van der Waals surface area (Å²) in [6.45, 7) is 8.00. The highest BCUT2D eigenvalue weighted by atomic mass is 16.7. The topological polar surface area (TPSA) is 117 Å². The van der Waals surface area contributed by atoms with Crippen molar-refractivity contribution in [3.63, 3.8) is 0 Å². The van der Waals surface area contributed by atoms with E-state index in [4.69, 9.17) is 33.7 Å². The van der Waals surface area contributed by atoms with Gasteiger partial charge >= 0.3 is 0 Å². The van der Waals surface area contributed by atoms with Gasteiger partial charge in [0.2, 0.25) is 6.79 Å². The molecule has 40 heavy (non-hydrogen) atoms. The van der Waals surface area contributed by atoms with Crippen molar-refractivity contribution < 1.29 is 33.5 Å². The summed E-state index contributed by atoms with van der Waals surface area (Å²) in [5, 5.41) is 26.6. The Kier molecular flexibility index (Phi) is 7.00. The molecule has 4 heterocycles. The second kappa shape index (κ2) is 10.5. The minimum Gasteiger partial charge on any atom is -0.649 e. The number of benzene rings is 2. The molecule has 6 rings (SSSR count). The lowest BCUT2D eigenvalue weighted by Gasteiger charge is -2.63. The Morgan fingerprint density at radius 3 is 2.65 bits per heavy atom. The van der Waals surface area contributed by atoms with Crippen LogP contribution in [-0.2, 0) is 17.6 Å². The Hall–Kier alpha value is -3.49. The van der Waals surface area contributed by atoms with Gasteiger partial charge in [-0.1, -0.05) is 24.8 Å². The Balaban J connectivity index is 1.57. The molecule has 10 nitrogen and oxygen atoms in total. The lowest BCUT2D eigenvalue weighted by Crippen LogP contribution is -2.61. The summed E-state index contributed by atoms with van der Waals surface area (Å²) in [6, 6.07) is 2.73. The Labute approximate surface area is 234 Å². The van der Waals surface area contributed by atoms with Gasteiger partial charge in [-0.05, 0) is 43.4 Å². The molecule has 5 atom stereocenters. The first-order chi connectivity index (χ1) is 19.5. The molecule has 0 spiro atoms. The molecule has 0 aliphatic carbocycles. The average molecular weight is 549 g/mol. The number of hydrogen-bond donors (Lipinski definition) is 1. The Morgan fingerprint density at radius 2 is 1.95 bits per heavy atom. The van der Waals surface area contributed by atoms with Crippen molar-refractivity contribution in [1.82, 2.24) is 4.90 Å². The summed E-state index contributed by atoms with van der Waals surface area (Å²) in [4.78, 5) is 2.13. The smallest absolute Gasteiger partial charge is 0.231 e. The predicted octanol–water partition coefficient (Wildman–Crippen LogP) is 3.79. The number of nitriles is 1. The molecule has 1 fully saturated rings. The lowest BCUT2D eigenvalue weighted by atomic mass is 9.72. The van der Waals surface area contributed by atoms with E-state index in [0.717, 1.165) is 33.4 Å². The third-order valence-electron chi connectivity index (χ3n) is 8.48. The Morgan fingerprint density at radius 1 is 1.15 bits per heavy atom. The highest BCUT2D eigenvalue weighted by Gasteiger charge is 2.50. The van der Waals surface area contributed by atoms with Gasteiger partial charge in [0.15, 0.2) is 29.8 Å². The van der Waals surface area contributed by atoms with Crippen LogP contribution in [0.15, 0.2) is 18.7 Å². The number of aliphatic hydroxyl groups excluding tert-OH is 1. The van der Waals surface area contributed by atoms with Gasteiger partial charge in [0.25, 0.3) is 0 Å².